The van der Waals surface area contributed by atoms with E-state index in [9.17, 15) is 4.79 Å². The number of amides is 1. The summed E-state index contributed by atoms with van der Waals surface area (Å²) in [4.78, 5) is 21.9. The first-order chi connectivity index (χ1) is 15.7. The van der Waals surface area contributed by atoms with Gasteiger partial charge < -0.3 is 14.4 Å². The number of carbonyl (C=O) groups is 1. The average Bonchev–Trinajstić information content (AvgIpc) is 3.50. The molecule has 1 amide bonds. The smallest absolute Gasteiger partial charge is 0.273 e. The summed E-state index contributed by atoms with van der Waals surface area (Å²) >= 11 is 1.51. The maximum atomic E-state index is 13.0. The fourth-order valence-corrected chi connectivity index (χ4v) is 5.03. The minimum Gasteiger partial charge on any atom is -0.494 e. The second-order valence-electron chi connectivity index (χ2n) is 8.10. The van der Waals surface area contributed by atoms with E-state index < -0.39 is 0 Å². The van der Waals surface area contributed by atoms with Gasteiger partial charge in [-0.15, -0.1) is 11.3 Å². The van der Waals surface area contributed by atoms with Crippen LogP contribution in [0.2, 0.25) is 0 Å². The molecule has 0 bridgehead atoms. The molecule has 6 nitrogen and oxygen atoms in total. The third-order valence-electron chi connectivity index (χ3n) is 5.96. The molecule has 0 atom stereocenters. The van der Waals surface area contributed by atoms with Crippen molar-refractivity contribution < 1.29 is 14.3 Å². The number of rotatable bonds is 6. The summed E-state index contributed by atoms with van der Waals surface area (Å²) in [5, 5.41) is 2.73. The minimum atomic E-state index is 0.0211. The number of hydrogen-bond acceptors (Lipinski definition) is 6. The first kappa shape index (κ1) is 21.0. The van der Waals surface area contributed by atoms with Gasteiger partial charge in [0.1, 0.15) is 22.2 Å². The quantitative estimate of drug-likeness (QED) is 0.567. The predicted molar refractivity (Wildman–Crippen MR) is 126 cm³/mol. The molecular weight excluding hydrogens is 422 g/mol. The highest BCUT2D eigenvalue weighted by Crippen LogP contribution is 2.28. The van der Waals surface area contributed by atoms with Crippen LogP contribution in [0, 0.1) is 0 Å². The molecule has 0 saturated carbocycles. The van der Waals surface area contributed by atoms with E-state index >= 15 is 0 Å². The van der Waals surface area contributed by atoms with Crippen molar-refractivity contribution in [2.45, 2.75) is 19.9 Å². The summed E-state index contributed by atoms with van der Waals surface area (Å²) in [5.74, 6) is 1.89. The molecule has 0 unspecified atom stereocenters. The Morgan fingerprint density at radius 1 is 1.12 bits per heavy atom. The lowest BCUT2D eigenvalue weighted by Gasteiger charge is -2.34. The molecule has 3 aromatic rings. The van der Waals surface area contributed by atoms with E-state index in [1.807, 2.05) is 41.5 Å². The Morgan fingerprint density at radius 2 is 1.94 bits per heavy atom. The molecule has 32 heavy (non-hydrogen) atoms. The summed E-state index contributed by atoms with van der Waals surface area (Å²) < 4.78 is 11.1. The van der Waals surface area contributed by atoms with E-state index in [0.717, 1.165) is 67.8 Å². The van der Waals surface area contributed by atoms with Gasteiger partial charge in [0.15, 0.2) is 0 Å². The largest absolute Gasteiger partial charge is 0.494 e. The first-order valence-corrected chi connectivity index (χ1v) is 12.0. The average molecular weight is 450 g/mol. The Labute approximate surface area is 192 Å². The van der Waals surface area contributed by atoms with E-state index in [1.54, 1.807) is 0 Å². The number of nitrogens with zero attached hydrogens (tertiary/aromatic N) is 3. The molecule has 0 radical (unpaired) electrons. The van der Waals surface area contributed by atoms with E-state index in [0.29, 0.717) is 12.3 Å². The zero-order chi connectivity index (χ0) is 21.9. The molecule has 2 aliphatic heterocycles. The molecule has 7 heteroatoms. The summed E-state index contributed by atoms with van der Waals surface area (Å²) in [6, 6.07) is 14.4. The van der Waals surface area contributed by atoms with Crippen molar-refractivity contribution in [2.75, 3.05) is 39.4 Å². The van der Waals surface area contributed by atoms with Gasteiger partial charge in [-0.25, -0.2) is 4.98 Å². The Balaban J connectivity index is 1.17. The van der Waals surface area contributed by atoms with Crippen molar-refractivity contribution in [1.82, 2.24) is 14.8 Å². The normalized spacial score (nSPS) is 16.0. The molecule has 166 valence electrons. The predicted octanol–water partition coefficient (Wildman–Crippen LogP) is 4.10. The summed E-state index contributed by atoms with van der Waals surface area (Å²) in [6.07, 6.45) is 0.998. The van der Waals surface area contributed by atoms with Gasteiger partial charge in [-0.1, -0.05) is 12.1 Å². The van der Waals surface area contributed by atoms with Crippen molar-refractivity contribution in [3.05, 3.63) is 64.7 Å². The van der Waals surface area contributed by atoms with Gasteiger partial charge in [0, 0.05) is 50.1 Å². The number of fused-ring (bicyclic) bond motifs is 1. The maximum absolute atomic E-state index is 13.0. The molecule has 2 aromatic carbocycles. The van der Waals surface area contributed by atoms with E-state index in [1.165, 1.54) is 22.5 Å². The highest BCUT2D eigenvalue weighted by Gasteiger charge is 2.24. The first-order valence-electron chi connectivity index (χ1n) is 11.1. The van der Waals surface area contributed by atoms with Crippen LogP contribution in [-0.2, 0) is 13.0 Å². The van der Waals surface area contributed by atoms with Gasteiger partial charge in [-0.3, -0.25) is 9.69 Å². The number of carbonyl (C=O) groups excluding carboxylic acids is 1. The second kappa shape index (κ2) is 9.30. The van der Waals surface area contributed by atoms with Gasteiger partial charge >= 0.3 is 0 Å². The Bertz CT molecular complexity index is 1090. The van der Waals surface area contributed by atoms with Crippen LogP contribution in [0.15, 0.2) is 47.8 Å². The maximum Gasteiger partial charge on any atom is 0.273 e. The highest BCUT2D eigenvalue weighted by molar-refractivity contribution is 7.13. The van der Waals surface area contributed by atoms with Crippen LogP contribution in [0.25, 0.3) is 10.6 Å². The van der Waals surface area contributed by atoms with Gasteiger partial charge in [0.05, 0.1) is 13.2 Å². The molecule has 1 fully saturated rings. The highest BCUT2D eigenvalue weighted by atomic mass is 32.1. The minimum absolute atomic E-state index is 0.0211. The fourth-order valence-electron chi connectivity index (χ4n) is 4.23. The Kier molecular flexibility index (Phi) is 6.10. The van der Waals surface area contributed by atoms with Crippen LogP contribution in [0.1, 0.15) is 28.5 Å². The van der Waals surface area contributed by atoms with Crippen molar-refractivity contribution >= 4 is 17.2 Å². The molecule has 0 aliphatic carbocycles. The van der Waals surface area contributed by atoms with Crippen LogP contribution in [-0.4, -0.2) is 60.1 Å². The van der Waals surface area contributed by atoms with Gasteiger partial charge in [0.25, 0.3) is 5.91 Å². The monoisotopic (exact) mass is 449 g/mol. The molecule has 3 heterocycles. The van der Waals surface area contributed by atoms with Gasteiger partial charge in [0.2, 0.25) is 0 Å². The number of hydrogen-bond donors (Lipinski definition) is 0. The molecular formula is C25H27N3O3S. The lowest BCUT2D eigenvalue weighted by atomic mass is 10.1. The molecule has 1 saturated heterocycles. The third-order valence-corrected chi connectivity index (χ3v) is 6.85. The van der Waals surface area contributed by atoms with Crippen LogP contribution >= 0.6 is 11.3 Å². The molecule has 1 aromatic heterocycles. The number of benzene rings is 2. The molecule has 5 rings (SSSR count). The van der Waals surface area contributed by atoms with E-state index in [-0.39, 0.29) is 5.91 Å². The summed E-state index contributed by atoms with van der Waals surface area (Å²) in [7, 11) is 0. The molecule has 0 N–H and O–H groups in total. The van der Waals surface area contributed by atoms with E-state index in [2.05, 4.69) is 28.1 Å². The van der Waals surface area contributed by atoms with Crippen LogP contribution in [0.5, 0.6) is 11.5 Å². The fraction of sp³-hybridized carbons (Fsp3) is 0.360. The topological polar surface area (TPSA) is 54.9 Å². The summed E-state index contributed by atoms with van der Waals surface area (Å²) in [5.41, 5.74) is 4.16. The van der Waals surface area contributed by atoms with Crippen LogP contribution < -0.4 is 9.47 Å². The van der Waals surface area contributed by atoms with Gasteiger partial charge in [-0.2, -0.15) is 0 Å². The lowest BCUT2D eigenvalue weighted by Crippen LogP contribution is -2.48. The Hall–Kier alpha value is -2.90. The SMILES string of the molecule is CCOc1ccc(-c2nc(C(=O)N3CCN(Cc4ccc5c(c4)CCO5)CC3)cs2)cc1. The van der Waals surface area contributed by atoms with Crippen molar-refractivity contribution in [1.29, 1.82) is 0 Å². The number of aromatic nitrogens is 1. The van der Waals surface area contributed by atoms with E-state index in [4.69, 9.17) is 9.47 Å². The lowest BCUT2D eigenvalue weighted by molar-refractivity contribution is 0.0623. The molecule has 2 aliphatic rings. The van der Waals surface area contributed by atoms with Crippen LogP contribution in [0.3, 0.4) is 0 Å². The second-order valence-corrected chi connectivity index (χ2v) is 8.96. The summed E-state index contributed by atoms with van der Waals surface area (Å²) in [6.45, 7) is 7.50. The van der Waals surface area contributed by atoms with Crippen molar-refractivity contribution in [3.63, 3.8) is 0 Å². The third kappa shape index (κ3) is 4.49. The zero-order valence-electron chi connectivity index (χ0n) is 18.3. The van der Waals surface area contributed by atoms with Crippen molar-refractivity contribution in [2.24, 2.45) is 0 Å². The molecule has 0 spiro atoms. The van der Waals surface area contributed by atoms with Crippen LogP contribution in [0.4, 0.5) is 0 Å². The van der Waals surface area contributed by atoms with Crippen molar-refractivity contribution in [3.8, 4) is 22.1 Å². The standard InChI is InChI=1S/C25H27N3O3S/c1-2-30-21-6-4-19(5-7-21)24-26-22(17-32-24)25(29)28-12-10-27(11-13-28)16-18-3-8-23-20(15-18)9-14-31-23/h3-8,15,17H,2,9-14,16H2,1H3. The van der Waals surface area contributed by atoms with Gasteiger partial charge in [-0.05, 0) is 48.4 Å². The Morgan fingerprint density at radius 3 is 2.72 bits per heavy atom. The number of thiazole rings is 1. The zero-order valence-corrected chi connectivity index (χ0v) is 19.1. The number of piperazine rings is 1. The number of ether oxygens (including phenoxy) is 2.